The van der Waals surface area contributed by atoms with Gasteiger partial charge in [0.2, 0.25) is 0 Å². The third-order valence-corrected chi connectivity index (χ3v) is 4.08. The Hall–Kier alpha value is -3.56. The van der Waals surface area contributed by atoms with E-state index < -0.39 is 24.3 Å². The van der Waals surface area contributed by atoms with Gasteiger partial charge in [0.05, 0.1) is 0 Å². The Morgan fingerprint density at radius 1 is 0.625 bits per heavy atom. The number of allylic oxidation sites excluding steroid dienone is 4. The molecule has 0 heterocycles. The highest BCUT2D eigenvalue weighted by Gasteiger charge is 2.42. The minimum absolute atomic E-state index is 0.288. The highest BCUT2D eigenvalue weighted by atomic mass is 19.4. The van der Waals surface area contributed by atoms with Gasteiger partial charge in [-0.05, 0) is 60.4 Å². The number of alkyl halides is 6. The van der Waals surface area contributed by atoms with E-state index in [1.807, 2.05) is 0 Å². The van der Waals surface area contributed by atoms with Crippen molar-refractivity contribution >= 4 is 23.1 Å². The van der Waals surface area contributed by atoms with Crippen LogP contribution in [0.3, 0.4) is 0 Å². The molecule has 0 saturated heterocycles. The summed E-state index contributed by atoms with van der Waals surface area (Å²) in [4.78, 5) is 21.9. The summed E-state index contributed by atoms with van der Waals surface area (Å²) >= 11 is 0. The van der Waals surface area contributed by atoms with Gasteiger partial charge in [0.25, 0.3) is 0 Å². The summed E-state index contributed by atoms with van der Waals surface area (Å²) in [6, 6.07) is 10.6. The van der Waals surface area contributed by atoms with Crippen LogP contribution in [-0.2, 0) is 9.59 Å². The summed E-state index contributed by atoms with van der Waals surface area (Å²) < 4.78 is 82.4. The number of hydrogen-bond donors (Lipinski definition) is 0. The summed E-state index contributed by atoms with van der Waals surface area (Å²) in [6.07, 6.45) is -6.79. The number of ether oxygens (including phenoxy) is 2. The molecule has 2 rings (SSSR count). The summed E-state index contributed by atoms with van der Waals surface area (Å²) in [6.45, 7) is 3.44. The molecule has 2 aromatic carbocycles. The highest BCUT2D eigenvalue weighted by Crippen LogP contribution is 2.33. The zero-order valence-electron chi connectivity index (χ0n) is 16.7. The van der Waals surface area contributed by atoms with E-state index in [1.54, 1.807) is 26.0 Å². The van der Waals surface area contributed by atoms with Crippen molar-refractivity contribution in [3.8, 4) is 11.5 Å². The van der Waals surface area contributed by atoms with Gasteiger partial charge in [0.1, 0.15) is 11.5 Å². The maximum atomic E-state index is 12.3. The lowest BCUT2D eigenvalue weighted by Gasteiger charge is -2.14. The Kier molecular flexibility index (Phi) is 7.50. The summed E-state index contributed by atoms with van der Waals surface area (Å²) in [5.74, 6) is -5.25. The molecule has 2 aromatic rings. The molecule has 0 aromatic heterocycles. The second kappa shape index (κ2) is 9.71. The predicted molar refractivity (Wildman–Crippen MR) is 104 cm³/mol. The summed E-state index contributed by atoms with van der Waals surface area (Å²) in [5.41, 5.74) is 2.47. The molecule has 0 bridgehead atoms. The van der Waals surface area contributed by atoms with Gasteiger partial charge in [-0.3, -0.25) is 0 Å². The lowest BCUT2D eigenvalue weighted by Crippen LogP contribution is -2.27. The van der Waals surface area contributed by atoms with Gasteiger partial charge in [-0.15, -0.1) is 0 Å². The van der Waals surface area contributed by atoms with Crippen molar-refractivity contribution in [2.24, 2.45) is 0 Å². The summed E-state index contributed by atoms with van der Waals surface area (Å²) in [5, 5.41) is 0. The second-order valence-electron chi connectivity index (χ2n) is 6.23. The van der Waals surface area contributed by atoms with Crippen molar-refractivity contribution in [1.82, 2.24) is 0 Å². The number of rotatable bonds is 5. The molecule has 0 unspecified atom stereocenters. The first-order valence-electron chi connectivity index (χ1n) is 8.98. The van der Waals surface area contributed by atoms with Crippen LogP contribution in [0.1, 0.15) is 25.0 Å². The fourth-order valence-corrected chi connectivity index (χ4v) is 2.69. The first-order chi connectivity index (χ1) is 14.9. The Balaban J connectivity index is 2.22. The standard InChI is InChI=1S/C22H16F6O4/c1-3-17(13-5-9-15(10-6-13)31-19(29)21(23,24)25)18(4-2)14-7-11-16(12-8-14)32-20(30)22(26,27)28/h3-12H,1-2H3/b17-3+,18-4+. The van der Waals surface area contributed by atoms with E-state index in [0.29, 0.717) is 22.3 Å². The van der Waals surface area contributed by atoms with Crippen LogP contribution in [0.4, 0.5) is 26.3 Å². The van der Waals surface area contributed by atoms with Gasteiger partial charge in [0, 0.05) is 0 Å². The molecule has 32 heavy (non-hydrogen) atoms. The molecule has 0 amide bonds. The summed E-state index contributed by atoms with van der Waals surface area (Å²) in [7, 11) is 0. The molecule has 170 valence electrons. The third-order valence-electron chi connectivity index (χ3n) is 4.08. The number of hydrogen-bond acceptors (Lipinski definition) is 4. The monoisotopic (exact) mass is 458 g/mol. The molecule has 0 aliphatic heterocycles. The van der Waals surface area contributed by atoms with Crippen LogP contribution in [-0.4, -0.2) is 24.3 Å². The fraction of sp³-hybridized carbons (Fsp3) is 0.182. The van der Waals surface area contributed by atoms with Gasteiger partial charge in [-0.1, -0.05) is 36.4 Å². The van der Waals surface area contributed by atoms with Crippen molar-refractivity contribution < 1.29 is 45.4 Å². The number of carbonyl (C=O) groups excluding carboxylic acids is 2. The van der Waals surface area contributed by atoms with E-state index in [-0.39, 0.29) is 11.5 Å². The Morgan fingerprint density at radius 2 is 0.906 bits per heavy atom. The van der Waals surface area contributed by atoms with Crippen molar-refractivity contribution in [2.45, 2.75) is 26.2 Å². The third kappa shape index (κ3) is 6.22. The Morgan fingerprint density at radius 3 is 1.12 bits per heavy atom. The van der Waals surface area contributed by atoms with Crippen molar-refractivity contribution in [1.29, 1.82) is 0 Å². The van der Waals surface area contributed by atoms with Crippen LogP contribution >= 0.6 is 0 Å². The van der Waals surface area contributed by atoms with E-state index >= 15 is 0 Å². The molecule has 0 N–H and O–H groups in total. The van der Waals surface area contributed by atoms with Crippen LogP contribution in [0.25, 0.3) is 11.1 Å². The molecule has 0 atom stereocenters. The van der Waals surface area contributed by atoms with E-state index in [2.05, 4.69) is 9.47 Å². The van der Waals surface area contributed by atoms with Gasteiger partial charge >= 0.3 is 24.3 Å². The molecular formula is C22H16F6O4. The molecule has 0 radical (unpaired) electrons. The number of halogens is 6. The predicted octanol–water partition coefficient (Wildman–Crippen LogP) is 6.13. The van der Waals surface area contributed by atoms with Crippen LogP contribution < -0.4 is 9.47 Å². The average molecular weight is 458 g/mol. The lowest BCUT2D eigenvalue weighted by molar-refractivity contribution is -0.189. The average Bonchev–Trinajstić information content (AvgIpc) is 2.72. The molecule has 0 saturated carbocycles. The molecule has 0 fully saturated rings. The van der Waals surface area contributed by atoms with Gasteiger partial charge in [0.15, 0.2) is 0 Å². The van der Waals surface area contributed by atoms with Crippen LogP contribution in [0.15, 0.2) is 60.7 Å². The number of benzene rings is 2. The molecule has 0 aliphatic carbocycles. The molecular weight excluding hydrogens is 442 g/mol. The number of esters is 2. The molecule has 4 nitrogen and oxygen atoms in total. The fourth-order valence-electron chi connectivity index (χ4n) is 2.69. The maximum Gasteiger partial charge on any atom is 0.491 e. The normalized spacial score (nSPS) is 13.0. The Bertz CT molecular complexity index is 945. The number of carbonyl (C=O) groups is 2. The maximum absolute atomic E-state index is 12.3. The van der Waals surface area contributed by atoms with Gasteiger partial charge < -0.3 is 9.47 Å². The topological polar surface area (TPSA) is 52.6 Å². The second-order valence-corrected chi connectivity index (χ2v) is 6.23. The zero-order valence-corrected chi connectivity index (χ0v) is 16.7. The SMILES string of the molecule is C/C=C(/C(=C/C)c1ccc(OC(=O)C(F)(F)F)cc1)c1ccc(OC(=O)C(F)(F)F)cc1. The zero-order chi connectivity index (χ0) is 24.1. The molecule has 0 spiro atoms. The van der Waals surface area contributed by atoms with Crippen molar-refractivity contribution in [3.63, 3.8) is 0 Å². The van der Waals surface area contributed by atoms with Crippen LogP contribution in [0.5, 0.6) is 11.5 Å². The highest BCUT2D eigenvalue weighted by molar-refractivity contribution is 6.04. The van der Waals surface area contributed by atoms with E-state index in [9.17, 15) is 35.9 Å². The molecule has 10 heteroatoms. The van der Waals surface area contributed by atoms with E-state index in [4.69, 9.17) is 0 Å². The van der Waals surface area contributed by atoms with Gasteiger partial charge in [-0.2, -0.15) is 26.3 Å². The van der Waals surface area contributed by atoms with Gasteiger partial charge in [-0.25, -0.2) is 9.59 Å². The van der Waals surface area contributed by atoms with Crippen LogP contribution in [0.2, 0.25) is 0 Å². The quantitative estimate of drug-likeness (QED) is 0.234. The van der Waals surface area contributed by atoms with E-state index in [1.165, 1.54) is 48.5 Å². The van der Waals surface area contributed by atoms with E-state index in [0.717, 1.165) is 0 Å². The minimum atomic E-state index is -5.12. The van der Waals surface area contributed by atoms with Crippen molar-refractivity contribution in [3.05, 3.63) is 71.8 Å². The largest absolute Gasteiger partial charge is 0.491 e. The smallest absolute Gasteiger partial charge is 0.420 e. The Labute approximate surface area is 178 Å². The van der Waals surface area contributed by atoms with Crippen molar-refractivity contribution in [2.75, 3.05) is 0 Å². The first-order valence-corrected chi connectivity index (χ1v) is 8.98. The lowest BCUT2D eigenvalue weighted by atomic mass is 9.92. The van der Waals surface area contributed by atoms with Crippen LogP contribution in [0, 0.1) is 0 Å². The minimum Gasteiger partial charge on any atom is -0.420 e. The first kappa shape index (κ1) is 24.7. The molecule has 0 aliphatic rings.